The summed E-state index contributed by atoms with van der Waals surface area (Å²) in [6.07, 6.45) is 0. The summed E-state index contributed by atoms with van der Waals surface area (Å²) in [4.78, 5) is 2.30. The summed E-state index contributed by atoms with van der Waals surface area (Å²) < 4.78 is 5.08. The maximum atomic E-state index is 8.99. The van der Waals surface area contributed by atoms with E-state index in [-0.39, 0.29) is 5.95 Å². The van der Waals surface area contributed by atoms with E-state index < -0.39 is 0 Å². The molecule has 2 heterocycles. The molecule has 1 aliphatic heterocycles. The molecule has 0 aromatic carbocycles. The van der Waals surface area contributed by atoms with Gasteiger partial charge in [0, 0.05) is 32.2 Å². The Balaban J connectivity index is 1.89. The number of nitrogens with one attached hydrogen (secondary N) is 1. The standard InChI is InChI=1S/C9H14N2O2/c12-9-2-1-8(13-9)7-11-5-3-10-4-6-11/h1-2,10,12H,3-7H2. The molecule has 72 valence electrons. The third kappa shape index (κ3) is 2.23. The quantitative estimate of drug-likeness (QED) is 0.694. The predicted molar refractivity (Wildman–Crippen MR) is 48.5 cm³/mol. The van der Waals surface area contributed by atoms with Crippen LogP contribution in [-0.2, 0) is 6.54 Å². The molecule has 4 heteroatoms. The third-order valence-electron chi connectivity index (χ3n) is 2.24. The molecule has 1 aromatic rings. The molecular formula is C9H14N2O2. The molecule has 0 atom stereocenters. The first-order valence-electron chi connectivity index (χ1n) is 4.55. The van der Waals surface area contributed by atoms with Gasteiger partial charge in [-0.15, -0.1) is 0 Å². The van der Waals surface area contributed by atoms with Crippen molar-refractivity contribution in [2.45, 2.75) is 6.54 Å². The van der Waals surface area contributed by atoms with Gasteiger partial charge in [0.2, 0.25) is 0 Å². The zero-order valence-electron chi connectivity index (χ0n) is 7.49. The van der Waals surface area contributed by atoms with Crippen LogP contribution in [0.4, 0.5) is 0 Å². The summed E-state index contributed by atoms with van der Waals surface area (Å²) in [7, 11) is 0. The molecule has 0 spiro atoms. The molecule has 0 aliphatic carbocycles. The Morgan fingerprint density at radius 2 is 2.15 bits per heavy atom. The Morgan fingerprint density at radius 3 is 2.77 bits per heavy atom. The van der Waals surface area contributed by atoms with E-state index in [1.807, 2.05) is 6.07 Å². The Bertz CT molecular complexity index is 266. The summed E-state index contributed by atoms with van der Waals surface area (Å²) in [6.45, 7) is 4.95. The summed E-state index contributed by atoms with van der Waals surface area (Å²) in [6, 6.07) is 3.40. The molecule has 1 fully saturated rings. The number of aromatic hydroxyl groups is 1. The monoisotopic (exact) mass is 182 g/mol. The van der Waals surface area contributed by atoms with Gasteiger partial charge in [-0.1, -0.05) is 0 Å². The molecule has 1 aromatic heterocycles. The largest absolute Gasteiger partial charge is 0.481 e. The second-order valence-corrected chi connectivity index (χ2v) is 3.27. The van der Waals surface area contributed by atoms with Crippen molar-refractivity contribution in [3.63, 3.8) is 0 Å². The smallest absolute Gasteiger partial charge is 0.281 e. The lowest BCUT2D eigenvalue weighted by molar-refractivity contribution is 0.208. The van der Waals surface area contributed by atoms with E-state index in [1.54, 1.807) is 6.07 Å². The van der Waals surface area contributed by atoms with Crippen molar-refractivity contribution in [1.29, 1.82) is 0 Å². The minimum Gasteiger partial charge on any atom is -0.481 e. The van der Waals surface area contributed by atoms with Crippen LogP contribution in [0.25, 0.3) is 0 Å². The molecule has 0 saturated carbocycles. The Labute approximate surface area is 77.1 Å². The first-order valence-corrected chi connectivity index (χ1v) is 4.55. The van der Waals surface area contributed by atoms with Gasteiger partial charge in [0.15, 0.2) is 0 Å². The summed E-state index contributed by atoms with van der Waals surface area (Å²) in [5.74, 6) is 0.838. The minimum atomic E-state index is 0.00475. The molecule has 2 N–H and O–H groups in total. The van der Waals surface area contributed by atoms with Crippen molar-refractivity contribution in [1.82, 2.24) is 10.2 Å². The molecule has 2 rings (SSSR count). The molecule has 1 saturated heterocycles. The molecular weight excluding hydrogens is 168 g/mol. The van der Waals surface area contributed by atoms with Crippen molar-refractivity contribution in [2.24, 2.45) is 0 Å². The Kier molecular flexibility index (Phi) is 2.52. The lowest BCUT2D eigenvalue weighted by Crippen LogP contribution is -2.42. The molecule has 0 radical (unpaired) electrons. The van der Waals surface area contributed by atoms with Crippen LogP contribution < -0.4 is 5.32 Å². The number of furan rings is 1. The number of hydrogen-bond acceptors (Lipinski definition) is 4. The van der Waals surface area contributed by atoms with Gasteiger partial charge < -0.3 is 14.8 Å². The average Bonchev–Trinajstić information content (AvgIpc) is 2.53. The fourth-order valence-corrected chi connectivity index (χ4v) is 1.54. The summed E-state index contributed by atoms with van der Waals surface area (Å²) in [5, 5.41) is 12.3. The number of nitrogens with zero attached hydrogens (tertiary/aromatic N) is 1. The molecule has 0 bridgehead atoms. The number of piperazine rings is 1. The van der Waals surface area contributed by atoms with Crippen LogP contribution >= 0.6 is 0 Å². The molecule has 1 aliphatic rings. The number of hydrogen-bond donors (Lipinski definition) is 2. The summed E-state index contributed by atoms with van der Waals surface area (Å²) >= 11 is 0. The molecule has 0 amide bonds. The van der Waals surface area contributed by atoms with Gasteiger partial charge >= 0.3 is 0 Å². The van der Waals surface area contributed by atoms with Crippen molar-refractivity contribution >= 4 is 0 Å². The van der Waals surface area contributed by atoms with E-state index in [4.69, 9.17) is 9.52 Å². The van der Waals surface area contributed by atoms with Gasteiger partial charge in [-0.05, 0) is 6.07 Å². The highest BCUT2D eigenvalue weighted by molar-refractivity contribution is 5.10. The van der Waals surface area contributed by atoms with E-state index >= 15 is 0 Å². The van der Waals surface area contributed by atoms with Gasteiger partial charge in [-0.2, -0.15) is 0 Å². The van der Waals surface area contributed by atoms with Crippen LogP contribution in [0.1, 0.15) is 5.76 Å². The molecule has 0 unspecified atom stereocenters. The average molecular weight is 182 g/mol. The van der Waals surface area contributed by atoms with E-state index in [9.17, 15) is 0 Å². The zero-order chi connectivity index (χ0) is 9.10. The van der Waals surface area contributed by atoms with Gasteiger partial charge in [-0.3, -0.25) is 4.90 Å². The van der Waals surface area contributed by atoms with E-state index in [0.29, 0.717) is 0 Å². The molecule has 4 nitrogen and oxygen atoms in total. The van der Waals surface area contributed by atoms with Crippen molar-refractivity contribution in [3.8, 4) is 5.95 Å². The first-order chi connectivity index (χ1) is 6.34. The van der Waals surface area contributed by atoms with Crippen LogP contribution in [0.3, 0.4) is 0 Å². The maximum Gasteiger partial charge on any atom is 0.281 e. The van der Waals surface area contributed by atoms with Crippen LogP contribution in [0.2, 0.25) is 0 Å². The van der Waals surface area contributed by atoms with E-state index in [0.717, 1.165) is 38.5 Å². The van der Waals surface area contributed by atoms with Crippen molar-refractivity contribution < 1.29 is 9.52 Å². The van der Waals surface area contributed by atoms with E-state index in [2.05, 4.69) is 10.2 Å². The fraction of sp³-hybridized carbons (Fsp3) is 0.556. The predicted octanol–water partition coefficient (Wildman–Crippen LogP) is 0.390. The third-order valence-corrected chi connectivity index (χ3v) is 2.24. The van der Waals surface area contributed by atoms with Gasteiger partial charge in [0.25, 0.3) is 5.95 Å². The van der Waals surface area contributed by atoms with Crippen molar-refractivity contribution in [3.05, 3.63) is 17.9 Å². The van der Waals surface area contributed by atoms with Crippen molar-refractivity contribution in [2.75, 3.05) is 26.2 Å². The lowest BCUT2D eigenvalue weighted by Gasteiger charge is -2.25. The van der Waals surface area contributed by atoms with Crippen LogP contribution in [0.5, 0.6) is 5.95 Å². The lowest BCUT2D eigenvalue weighted by atomic mass is 10.3. The molecule has 13 heavy (non-hydrogen) atoms. The van der Waals surface area contributed by atoms with Crippen LogP contribution in [0.15, 0.2) is 16.5 Å². The normalized spacial score (nSPS) is 19.1. The highest BCUT2D eigenvalue weighted by atomic mass is 16.5. The highest BCUT2D eigenvalue weighted by Crippen LogP contribution is 2.15. The van der Waals surface area contributed by atoms with Crippen LogP contribution in [0, 0.1) is 0 Å². The highest BCUT2D eigenvalue weighted by Gasteiger charge is 2.11. The van der Waals surface area contributed by atoms with Crippen LogP contribution in [-0.4, -0.2) is 36.2 Å². The zero-order valence-corrected chi connectivity index (χ0v) is 7.49. The first kappa shape index (κ1) is 8.59. The minimum absolute atomic E-state index is 0.00475. The Hall–Kier alpha value is -1.00. The van der Waals surface area contributed by atoms with E-state index in [1.165, 1.54) is 0 Å². The van der Waals surface area contributed by atoms with Gasteiger partial charge in [0.05, 0.1) is 6.54 Å². The van der Waals surface area contributed by atoms with Gasteiger partial charge in [-0.25, -0.2) is 0 Å². The fourth-order valence-electron chi connectivity index (χ4n) is 1.54. The Morgan fingerprint density at radius 1 is 1.38 bits per heavy atom. The topological polar surface area (TPSA) is 48.6 Å². The second-order valence-electron chi connectivity index (χ2n) is 3.27. The van der Waals surface area contributed by atoms with Gasteiger partial charge in [0.1, 0.15) is 5.76 Å². The number of rotatable bonds is 2. The second kappa shape index (κ2) is 3.81. The SMILES string of the molecule is Oc1ccc(CN2CCNCC2)o1. The summed E-state index contributed by atoms with van der Waals surface area (Å²) in [5.41, 5.74) is 0. The maximum absolute atomic E-state index is 8.99.